The largest absolute Gasteiger partial charge is 0.492 e. The zero-order valence-electron chi connectivity index (χ0n) is 19.9. The molecule has 0 N–H and O–H groups in total. The Labute approximate surface area is 191 Å². The summed E-state index contributed by atoms with van der Waals surface area (Å²) >= 11 is 0. The van der Waals surface area contributed by atoms with Crippen molar-refractivity contribution in [3.05, 3.63) is 65.2 Å². The number of likely N-dealkylation sites (tertiary alicyclic amines) is 1. The molecule has 0 aliphatic carbocycles. The standard InChI is InChI=1S/C26H35N3O3/c1-19-6-12-23(13-7-19)32-15-14-28(5)16-21-8-10-22(11-9-21)24-17-29(20(2)30)18-25(24)26(31)27(3)4/h6-13,24-25H,14-18H2,1-5H3/t24-,25+/m1/s1. The van der Waals surface area contributed by atoms with Gasteiger partial charge in [0.2, 0.25) is 11.8 Å². The number of nitrogens with zero attached hydrogens (tertiary/aromatic N) is 3. The van der Waals surface area contributed by atoms with Gasteiger partial charge >= 0.3 is 0 Å². The number of carbonyl (C=O) groups is 2. The van der Waals surface area contributed by atoms with Crippen molar-refractivity contribution in [3.8, 4) is 5.75 Å². The summed E-state index contributed by atoms with van der Waals surface area (Å²) in [6, 6.07) is 16.6. The van der Waals surface area contributed by atoms with E-state index >= 15 is 0 Å². The van der Waals surface area contributed by atoms with Gasteiger partial charge in [-0.15, -0.1) is 0 Å². The summed E-state index contributed by atoms with van der Waals surface area (Å²) in [4.78, 5) is 30.3. The number of hydrogen-bond acceptors (Lipinski definition) is 4. The van der Waals surface area contributed by atoms with E-state index < -0.39 is 0 Å². The SMILES string of the molecule is CC(=O)N1C[C@H](C(=O)N(C)C)[C@@H](c2ccc(CN(C)CCOc3ccc(C)cc3)cc2)C1. The molecule has 1 fully saturated rings. The van der Waals surface area contributed by atoms with Gasteiger partial charge in [0.05, 0.1) is 5.92 Å². The molecule has 0 saturated carbocycles. The van der Waals surface area contributed by atoms with E-state index in [1.54, 1.807) is 30.8 Å². The van der Waals surface area contributed by atoms with Gasteiger partial charge in [-0.25, -0.2) is 0 Å². The van der Waals surface area contributed by atoms with Crippen molar-refractivity contribution in [2.45, 2.75) is 26.3 Å². The fourth-order valence-corrected chi connectivity index (χ4v) is 4.20. The van der Waals surface area contributed by atoms with Crippen molar-refractivity contribution in [1.82, 2.24) is 14.7 Å². The van der Waals surface area contributed by atoms with Gasteiger partial charge in [-0.1, -0.05) is 42.0 Å². The molecule has 1 saturated heterocycles. The van der Waals surface area contributed by atoms with Crippen LogP contribution in [0.1, 0.15) is 29.5 Å². The molecule has 172 valence electrons. The van der Waals surface area contributed by atoms with Gasteiger partial charge in [-0.3, -0.25) is 14.5 Å². The fourth-order valence-electron chi connectivity index (χ4n) is 4.20. The van der Waals surface area contributed by atoms with Crippen LogP contribution in [0.15, 0.2) is 48.5 Å². The van der Waals surface area contributed by atoms with E-state index in [1.165, 1.54) is 11.1 Å². The van der Waals surface area contributed by atoms with Crippen LogP contribution in [0.4, 0.5) is 0 Å². The quantitative estimate of drug-likeness (QED) is 0.637. The van der Waals surface area contributed by atoms with Crippen molar-refractivity contribution in [2.24, 2.45) is 5.92 Å². The maximum Gasteiger partial charge on any atom is 0.227 e. The van der Waals surface area contributed by atoms with Gasteiger partial charge in [0.1, 0.15) is 12.4 Å². The Morgan fingerprint density at radius 1 is 1.00 bits per heavy atom. The van der Waals surface area contributed by atoms with Gasteiger partial charge in [-0.05, 0) is 37.2 Å². The first kappa shape index (κ1) is 23.8. The van der Waals surface area contributed by atoms with Crippen LogP contribution in [0, 0.1) is 12.8 Å². The Hall–Kier alpha value is -2.86. The number of hydrogen-bond donors (Lipinski definition) is 0. The smallest absolute Gasteiger partial charge is 0.227 e. The molecule has 0 spiro atoms. The first-order chi connectivity index (χ1) is 15.2. The van der Waals surface area contributed by atoms with Crippen LogP contribution < -0.4 is 4.74 Å². The average Bonchev–Trinajstić information content (AvgIpc) is 3.21. The monoisotopic (exact) mass is 437 g/mol. The minimum Gasteiger partial charge on any atom is -0.492 e. The topological polar surface area (TPSA) is 53.1 Å². The lowest BCUT2D eigenvalue weighted by atomic mass is 9.87. The molecule has 6 nitrogen and oxygen atoms in total. The van der Waals surface area contributed by atoms with Crippen LogP contribution in [-0.2, 0) is 16.1 Å². The maximum atomic E-state index is 12.7. The van der Waals surface area contributed by atoms with Gasteiger partial charge in [0, 0.05) is 53.1 Å². The normalized spacial score (nSPS) is 18.1. The second kappa shape index (κ2) is 10.6. The van der Waals surface area contributed by atoms with Crippen molar-refractivity contribution in [3.63, 3.8) is 0 Å². The molecular formula is C26H35N3O3. The highest BCUT2D eigenvalue weighted by molar-refractivity contribution is 5.82. The molecule has 6 heteroatoms. The number of amides is 2. The number of ether oxygens (including phenoxy) is 1. The average molecular weight is 438 g/mol. The maximum absolute atomic E-state index is 12.7. The predicted octanol–water partition coefficient (Wildman–Crippen LogP) is 3.16. The van der Waals surface area contributed by atoms with E-state index in [-0.39, 0.29) is 23.7 Å². The molecule has 2 amide bonds. The van der Waals surface area contributed by atoms with E-state index in [0.717, 1.165) is 24.4 Å². The summed E-state index contributed by atoms with van der Waals surface area (Å²) in [6.45, 7) is 7.00. The summed E-state index contributed by atoms with van der Waals surface area (Å²) < 4.78 is 5.83. The minimum absolute atomic E-state index is 0.0233. The number of aryl methyl sites for hydroxylation is 1. The van der Waals surface area contributed by atoms with E-state index in [4.69, 9.17) is 4.74 Å². The molecule has 2 atom stereocenters. The van der Waals surface area contributed by atoms with Crippen LogP contribution in [0.25, 0.3) is 0 Å². The number of rotatable bonds is 8. The van der Waals surface area contributed by atoms with Gasteiger partial charge in [0.15, 0.2) is 0 Å². The van der Waals surface area contributed by atoms with Crippen LogP contribution in [0.5, 0.6) is 5.75 Å². The molecule has 0 radical (unpaired) electrons. The summed E-state index contributed by atoms with van der Waals surface area (Å²) in [7, 11) is 5.63. The predicted molar refractivity (Wildman–Crippen MR) is 127 cm³/mol. The van der Waals surface area contributed by atoms with Crippen molar-refractivity contribution < 1.29 is 14.3 Å². The molecule has 2 aromatic rings. The second-order valence-corrected chi connectivity index (χ2v) is 9.01. The zero-order chi connectivity index (χ0) is 23.3. The lowest BCUT2D eigenvalue weighted by Gasteiger charge is -2.22. The molecule has 1 heterocycles. The molecule has 32 heavy (non-hydrogen) atoms. The molecule has 3 rings (SSSR count). The molecular weight excluding hydrogens is 402 g/mol. The molecule has 2 aromatic carbocycles. The number of carbonyl (C=O) groups excluding carboxylic acids is 2. The van der Waals surface area contributed by atoms with Crippen LogP contribution >= 0.6 is 0 Å². The minimum atomic E-state index is -0.193. The third-order valence-electron chi connectivity index (χ3n) is 6.15. The lowest BCUT2D eigenvalue weighted by molar-refractivity contribution is -0.133. The summed E-state index contributed by atoms with van der Waals surface area (Å²) in [6.07, 6.45) is 0. The molecule has 0 aromatic heterocycles. The van der Waals surface area contributed by atoms with Gasteiger partial charge < -0.3 is 14.5 Å². The van der Waals surface area contributed by atoms with E-state index in [0.29, 0.717) is 19.7 Å². The molecule has 1 aliphatic heterocycles. The van der Waals surface area contributed by atoms with Crippen LogP contribution in [0.3, 0.4) is 0 Å². The third-order valence-corrected chi connectivity index (χ3v) is 6.15. The van der Waals surface area contributed by atoms with E-state index in [2.05, 4.69) is 55.3 Å². The van der Waals surface area contributed by atoms with Crippen molar-refractivity contribution in [2.75, 3.05) is 47.4 Å². The second-order valence-electron chi connectivity index (χ2n) is 9.01. The summed E-state index contributed by atoms with van der Waals surface area (Å²) in [5, 5.41) is 0. The Balaban J connectivity index is 1.56. The fraction of sp³-hybridized carbons (Fsp3) is 0.462. The molecule has 0 bridgehead atoms. The van der Waals surface area contributed by atoms with E-state index in [9.17, 15) is 9.59 Å². The van der Waals surface area contributed by atoms with Crippen LogP contribution in [-0.4, -0.2) is 73.9 Å². The summed E-state index contributed by atoms with van der Waals surface area (Å²) in [5.74, 6) is 0.836. The molecule has 1 aliphatic rings. The van der Waals surface area contributed by atoms with E-state index in [1.807, 2.05) is 12.1 Å². The highest BCUT2D eigenvalue weighted by Gasteiger charge is 2.40. The van der Waals surface area contributed by atoms with Crippen LogP contribution in [0.2, 0.25) is 0 Å². The number of likely N-dealkylation sites (N-methyl/N-ethyl adjacent to an activating group) is 1. The Bertz CT molecular complexity index is 909. The first-order valence-corrected chi connectivity index (χ1v) is 11.2. The lowest BCUT2D eigenvalue weighted by Crippen LogP contribution is -2.34. The zero-order valence-corrected chi connectivity index (χ0v) is 19.9. The Morgan fingerprint density at radius 3 is 2.25 bits per heavy atom. The van der Waals surface area contributed by atoms with Crippen molar-refractivity contribution >= 4 is 11.8 Å². The van der Waals surface area contributed by atoms with Gasteiger partial charge in [0.25, 0.3) is 0 Å². The summed E-state index contributed by atoms with van der Waals surface area (Å²) in [5.41, 5.74) is 3.55. The molecule has 0 unspecified atom stereocenters. The van der Waals surface area contributed by atoms with Gasteiger partial charge in [-0.2, -0.15) is 0 Å². The first-order valence-electron chi connectivity index (χ1n) is 11.2. The Morgan fingerprint density at radius 2 is 1.66 bits per heavy atom. The van der Waals surface area contributed by atoms with Crippen molar-refractivity contribution in [1.29, 1.82) is 0 Å². The number of benzene rings is 2. The highest BCUT2D eigenvalue weighted by atomic mass is 16.5. The Kier molecular flexibility index (Phi) is 7.91. The third kappa shape index (κ3) is 6.10. The highest BCUT2D eigenvalue weighted by Crippen LogP contribution is 2.34.